The molecular weight excluding hydrogens is 301 g/mol. The molecule has 0 unspecified atom stereocenters. The van der Waals surface area contributed by atoms with Crippen molar-refractivity contribution < 1.29 is 36.6 Å². The number of carboxylic acid groups (broad SMARTS) is 1. The smallest absolute Gasteiger partial charge is 0.463 e. The second kappa shape index (κ2) is 6.06. The van der Waals surface area contributed by atoms with Gasteiger partial charge < -0.3 is 10.4 Å². The van der Waals surface area contributed by atoms with Crippen LogP contribution in [-0.4, -0.2) is 35.6 Å². The Hall–Kier alpha value is -2.19. The molecule has 0 aliphatic rings. The summed E-state index contributed by atoms with van der Waals surface area (Å²) in [6.45, 7) is -0.547. The van der Waals surface area contributed by atoms with Crippen molar-refractivity contribution in [2.75, 3.05) is 6.54 Å². The minimum atomic E-state index is -5.98. The molecule has 0 saturated heterocycles. The number of hydrogen-bond acceptors (Lipinski definition) is 2. The fourth-order valence-electron chi connectivity index (χ4n) is 1.50. The molecule has 1 amide bonds. The number of carbonyl (C=O) groups excluding carboxylic acids is 1. The number of nitrogens with one attached hydrogen (secondary N) is 1. The van der Waals surface area contributed by atoms with Crippen molar-refractivity contribution in [3.8, 4) is 0 Å². The topological polar surface area (TPSA) is 66.4 Å². The molecule has 0 saturated carbocycles. The Balaban J connectivity index is 2.67. The van der Waals surface area contributed by atoms with Gasteiger partial charge in [0, 0.05) is 6.54 Å². The van der Waals surface area contributed by atoms with Crippen LogP contribution in [0.2, 0.25) is 0 Å². The molecule has 0 aliphatic carbocycles. The standard InChI is InChI=1S/C12H10F5NO3/c13-11(14,12(15,16)17)10(21)18-6-5-7-3-1-2-4-8(7)9(19)20/h1-4H,5-6H2,(H,18,21)(H,19,20). The van der Waals surface area contributed by atoms with E-state index in [9.17, 15) is 31.5 Å². The molecule has 0 spiro atoms. The van der Waals surface area contributed by atoms with Gasteiger partial charge in [0.05, 0.1) is 5.56 Å². The number of rotatable bonds is 5. The van der Waals surface area contributed by atoms with Gasteiger partial charge in [-0.1, -0.05) is 18.2 Å². The van der Waals surface area contributed by atoms with Gasteiger partial charge in [-0.05, 0) is 18.1 Å². The zero-order valence-corrected chi connectivity index (χ0v) is 10.4. The lowest BCUT2D eigenvalue weighted by Gasteiger charge is -2.18. The zero-order chi connectivity index (χ0) is 16.3. The van der Waals surface area contributed by atoms with E-state index in [2.05, 4.69) is 0 Å². The first kappa shape index (κ1) is 16.9. The van der Waals surface area contributed by atoms with Crippen LogP contribution in [0, 0.1) is 0 Å². The SMILES string of the molecule is O=C(O)c1ccccc1CCNC(=O)C(F)(F)C(F)(F)F. The minimum absolute atomic E-state index is 0.116. The third-order valence-corrected chi connectivity index (χ3v) is 2.57. The van der Waals surface area contributed by atoms with Gasteiger partial charge in [0.25, 0.3) is 5.91 Å². The van der Waals surface area contributed by atoms with E-state index in [1.165, 1.54) is 29.6 Å². The normalized spacial score (nSPS) is 12.0. The molecule has 0 aliphatic heterocycles. The fourth-order valence-corrected chi connectivity index (χ4v) is 1.50. The first-order valence-corrected chi connectivity index (χ1v) is 5.61. The first-order valence-electron chi connectivity index (χ1n) is 5.61. The molecule has 21 heavy (non-hydrogen) atoms. The van der Waals surface area contributed by atoms with Crippen LogP contribution < -0.4 is 5.32 Å². The van der Waals surface area contributed by atoms with Gasteiger partial charge in [-0.25, -0.2) is 4.79 Å². The number of hydrogen-bond donors (Lipinski definition) is 2. The van der Waals surface area contributed by atoms with E-state index in [1.54, 1.807) is 0 Å². The van der Waals surface area contributed by atoms with Crippen molar-refractivity contribution in [1.82, 2.24) is 5.32 Å². The van der Waals surface area contributed by atoms with Crippen LogP contribution in [0.3, 0.4) is 0 Å². The molecule has 0 radical (unpaired) electrons. The Labute approximate surface area is 115 Å². The summed E-state index contributed by atoms with van der Waals surface area (Å²) in [5.41, 5.74) is 0.0926. The summed E-state index contributed by atoms with van der Waals surface area (Å²) in [6.07, 6.45) is -6.17. The summed E-state index contributed by atoms with van der Waals surface area (Å²) < 4.78 is 61.0. The van der Waals surface area contributed by atoms with Gasteiger partial charge in [0.15, 0.2) is 0 Å². The third kappa shape index (κ3) is 3.89. The second-order valence-electron chi connectivity index (χ2n) is 4.04. The Kier molecular flexibility index (Phi) is 4.87. The molecule has 0 heterocycles. The van der Waals surface area contributed by atoms with Gasteiger partial charge in [-0.3, -0.25) is 4.79 Å². The van der Waals surface area contributed by atoms with Crippen LogP contribution in [0.1, 0.15) is 15.9 Å². The molecule has 1 aromatic carbocycles. The van der Waals surface area contributed by atoms with Crippen LogP contribution >= 0.6 is 0 Å². The maximum absolute atomic E-state index is 12.6. The average Bonchev–Trinajstić information content (AvgIpc) is 2.37. The molecule has 1 aromatic rings. The van der Waals surface area contributed by atoms with Gasteiger partial charge in [0.1, 0.15) is 0 Å². The molecule has 2 N–H and O–H groups in total. The molecule has 4 nitrogen and oxygen atoms in total. The molecule has 116 valence electrons. The Morgan fingerprint density at radius 2 is 1.67 bits per heavy atom. The number of carboxylic acids is 1. The lowest BCUT2D eigenvalue weighted by molar-refractivity contribution is -0.269. The Bertz CT molecular complexity index is 542. The van der Waals surface area contributed by atoms with Crippen molar-refractivity contribution in [3.63, 3.8) is 0 Å². The number of amides is 1. The van der Waals surface area contributed by atoms with Crippen LogP contribution in [-0.2, 0) is 11.2 Å². The van der Waals surface area contributed by atoms with Crippen LogP contribution in [0.25, 0.3) is 0 Å². The van der Waals surface area contributed by atoms with Crippen molar-refractivity contribution in [3.05, 3.63) is 35.4 Å². The van der Waals surface area contributed by atoms with Crippen molar-refractivity contribution >= 4 is 11.9 Å². The summed E-state index contributed by atoms with van der Waals surface area (Å²) in [5, 5.41) is 10.3. The quantitative estimate of drug-likeness (QED) is 0.820. The lowest BCUT2D eigenvalue weighted by atomic mass is 10.0. The highest BCUT2D eigenvalue weighted by atomic mass is 19.4. The summed E-state index contributed by atoms with van der Waals surface area (Å²) in [5.74, 6) is -9.22. The summed E-state index contributed by atoms with van der Waals surface area (Å²) >= 11 is 0. The van der Waals surface area contributed by atoms with Gasteiger partial charge >= 0.3 is 18.1 Å². The van der Waals surface area contributed by atoms with Gasteiger partial charge in [-0.2, -0.15) is 22.0 Å². The Morgan fingerprint density at radius 3 is 2.19 bits per heavy atom. The van der Waals surface area contributed by atoms with E-state index in [0.29, 0.717) is 0 Å². The van der Waals surface area contributed by atoms with E-state index in [4.69, 9.17) is 5.11 Å². The first-order chi connectivity index (χ1) is 9.57. The molecule has 1 rings (SSSR count). The highest BCUT2D eigenvalue weighted by Crippen LogP contribution is 2.35. The zero-order valence-electron chi connectivity index (χ0n) is 10.4. The maximum atomic E-state index is 12.6. The second-order valence-corrected chi connectivity index (χ2v) is 4.04. The van der Waals surface area contributed by atoms with Crippen LogP contribution in [0.4, 0.5) is 22.0 Å². The lowest BCUT2D eigenvalue weighted by Crippen LogP contribution is -2.50. The van der Waals surface area contributed by atoms with Crippen LogP contribution in [0.5, 0.6) is 0 Å². The van der Waals surface area contributed by atoms with E-state index >= 15 is 0 Å². The predicted molar refractivity (Wildman–Crippen MR) is 61.1 cm³/mol. The van der Waals surface area contributed by atoms with Crippen molar-refractivity contribution in [2.45, 2.75) is 18.5 Å². The molecule has 0 fully saturated rings. The largest absolute Gasteiger partial charge is 0.478 e. The number of carbonyl (C=O) groups is 2. The monoisotopic (exact) mass is 311 g/mol. The summed E-state index contributed by atoms with van der Waals surface area (Å²) in [4.78, 5) is 21.7. The molecule has 0 aromatic heterocycles. The fraction of sp³-hybridized carbons (Fsp3) is 0.333. The maximum Gasteiger partial charge on any atom is 0.463 e. The van der Waals surface area contributed by atoms with E-state index in [-0.39, 0.29) is 17.5 Å². The van der Waals surface area contributed by atoms with Crippen LogP contribution in [0.15, 0.2) is 24.3 Å². The van der Waals surface area contributed by atoms with E-state index in [0.717, 1.165) is 0 Å². The number of halogens is 5. The van der Waals surface area contributed by atoms with Gasteiger partial charge in [-0.15, -0.1) is 0 Å². The number of aromatic carboxylic acids is 1. The van der Waals surface area contributed by atoms with Crippen molar-refractivity contribution in [1.29, 1.82) is 0 Å². The predicted octanol–water partition coefficient (Wildman–Crippen LogP) is 2.24. The highest BCUT2D eigenvalue weighted by Gasteiger charge is 2.63. The van der Waals surface area contributed by atoms with E-state index in [1.807, 2.05) is 0 Å². The highest BCUT2D eigenvalue weighted by molar-refractivity contribution is 5.89. The molecule has 9 heteroatoms. The Morgan fingerprint density at radius 1 is 1.10 bits per heavy atom. The molecule has 0 atom stereocenters. The molecule has 0 bridgehead atoms. The van der Waals surface area contributed by atoms with Gasteiger partial charge in [0.2, 0.25) is 0 Å². The summed E-state index contributed by atoms with van der Waals surface area (Å²) in [7, 11) is 0. The minimum Gasteiger partial charge on any atom is -0.478 e. The third-order valence-electron chi connectivity index (χ3n) is 2.57. The molecular formula is C12H10F5NO3. The number of benzene rings is 1. The number of alkyl halides is 5. The average molecular weight is 311 g/mol. The van der Waals surface area contributed by atoms with E-state index < -0.39 is 30.5 Å². The van der Waals surface area contributed by atoms with Crippen molar-refractivity contribution in [2.24, 2.45) is 0 Å². The summed E-state index contributed by atoms with van der Waals surface area (Å²) in [6, 6.07) is 5.54.